The molecule has 8 nitrogen and oxygen atoms in total. The zero-order chi connectivity index (χ0) is 27.9. The summed E-state index contributed by atoms with van der Waals surface area (Å²) in [4.78, 5) is 4.96. The Bertz CT molecular complexity index is 1460. The van der Waals surface area contributed by atoms with Gasteiger partial charge in [0.25, 0.3) is 12.3 Å². The van der Waals surface area contributed by atoms with Crippen molar-refractivity contribution in [1.82, 2.24) is 20.5 Å². The summed E-state index contributed by atoms with van der Waals surface area (Å²) in [6.45, 7) is 9.35. The van der Waals surface area contributed by atoms with E-state index >= 15 is 0 Å². The summed E-state index contributed by atoms with van der Waals surface area (Å²) in [6, 6.07) is 9.90. The van der Waals surface area contributed by atoms with Gasteiger partial charge in [0.05, 0.1) is 12.5 Å². The largest absolute Gasteiger partial charge is 0.497 e. The van der Waals surface area contributed by atoms with Gasteiger partial charge in [0.1, 0.15) is 17.0 Å². The maximum absolute atomic E-state index is 12.9. The molecule has 1 saturated carbocycles. The molecule has 208 valence electrons. The van der Waals surface area contributed by atoms with E-state index in [2.05, 4.69) is 59.8 Å². The molecule has 0 saturated heterocycles. The molecule has 1 fully saturated rings. The lowest BCUT2D eigenvalue weighted by Gasteiger charge is -2.42. The number of alkyl halides is 2. The van der Waals surface area contributed by atoms with Gasteiger partial charge in [-0.1, -0.05) is 44.1 Å². The predicted molar refractivity (Wildman–Crippen MR) is 145 cm³/mol. The van der Waals surface area contributed by atoms with Crippen LogP contribution in [0.25, 0.3) is 23.2 Å². The molecule has 1 aromatic carbocycles. The topological polar surface area (TPSA) is 105 Å². The van der Waals surface area contributed by atoms with Crippen LogP contribution in [0.1, 0.15) is 51.2 Å². The van der Waals surface area contributed by atoms with Crippen molar-refractivity contribution in [1.29, 1.82) is 0 Å². The van der Waals surface area contributed by atoms with E-state index in [1.165, 1.54) is 11.1 Å². The molecule has 3 aromatic rings. The molecule has 0 spiro atoms. The highest BCUT2D eigenvalue weighted by molar-refractivity contribution is 5.60. The average Bonchev–Trinajstić information content (AvgIpc) is 3.34. The highest BCUT2D eigenvalue weighted by Crippen LogP contribution is 2.39. The smallest absolute Gasteiger partial charge is 0.316 e. The van der Waals surface area contributed by atoms with Crippen molar-refractivity contribution in [2.75, 3.05) is 12.4 Å². The Hall–Kier alpha value is -3.37. The predicted octanol–water partition coefficient (Wildman–Crippen LogP) is 3.56. The number of methoxy groups -OCH3 is 1. The number of halogens is 2. The van der Waals surface area contributed by atoms with Gasteiger partial charge in [0.2, 0.25) is 0 Å². The van der Waals surface area contributed by atoms with Crippen LogP contribution in [0.3, 0.4) is 0 Å². The van der Waals surface area contributed by atoms with Crippen molar-refractivity contribution < 1.29 is 23.0 Å². The first-order chi connectivity index (χ1) is 18.4. The highest BCUT2D eigenvalue weighted by atomic mass is 19.3. The minimum absolute atomic E-state index is 0.0774. The molecular weight excluding hydrogens is 504 g/mol. The van der Waals surface area contributed by atoms with Gasteiger partial charge in [-0.2, -0.15) is 0 Å². The van der Waals surface area contributed by atoms with E-state index in [4.69, 9.17) is 14.1 Å². The number of nitrogens with one attached hydrogen (secondary N) is 2. The number of hydrogen-bond donors (Lipinski definition) is 3. The van der Waals surface area contributed by atoms with Gasteiger partial charge in [-0.3, -0.25) is 0 Å². The fourth-order valence-electron chi connectivity index (χ4n) is 5.23. The molecule has 10 heteroatoms. The Kier molecular flexibility index (Phi) is 7.19. The number of rotatable bonds is 8. The standard InChI is InChI=1S/C29H35F2N5O3/c1-16-10-23(25-35-36-27(39-25)33-19-13-29(37,14-19)26(30)31)34-24-21(16)11-18(12-22(24)28(2,3)4)32-15-17-6-8-20(38-5)9-7-17/h6-11,18-19,26,32,37H,12-15H2,1-5H3,(H,33,36). The van der Waals surface area contributed by atoms with Crippen LogP contribution < -0.4 is 25.9 Å². The number of fused-ring (bicyclic) bond motifs is 1. The van der Waals surface area contributed by atoms with Crippen LogP contribution in [0, 0.1) is 12.3 Å². The maximum atomic E-state index is 12.9. The third-order valence-corrected chi connectivity index (χ3v) is 7.55. The van der Waals surface area contributed by atoms with E-state index in [1.807, 2.05) is 25.1 Å². The molecule has 2 heterocycles. The van der Waals surface area contributed by atoms with E-state index in [-0.39, 0.29) is 42.2 Å². The zero-order valence-corrected chi connectivity index (χ0v) is 22.9. The summed E-state index contributed by atoms with van der Waals surface area (Å²) >= 11 is 0. The van der Waals surface area contributed by atoms with Crippen molar-refractivity contribution in [2.45, 2.75) is 77.6 Å². The van der Waals surface area contributed by atoms with Crippen LogP contribution in [-0.2, 0) is 6.54 Å². The Morgan fingerprint density at radius 2 is 1.90 bits per heavy atom. The first-order valence-electron chi connectivity index (χ1n) is 13.2. The number of ether oxygens (including phenoxy) is 1. The molecule has 5 rings (SSSR count). The van der Waals surface area contributed by atoms with Gasteiger partial charge in [0.15, 0.2) is 0 Å². The molecule has 2 aliphatic rings. The molecule has 3 N–H and O–H groups in total. The van der Waals surface area contributed by atoms with Crippen molar-refractivity contribution in [2.24, 2.45) is 5.41 Å². The fourth-order valence-corrected chi connectivity index (χ4v) is 5.23. The lowest BCUT2D eigenvalue weighted by molar-refractivity contribution is -0.148. The van der Waals surface area contributed by atoms with E-state index in [9.17, 15) is 13.9 Å². The van der Waals surface area contributed by atoms with E-state index in [1.54, 1.807) is 7.11 Å². The molecule has 39 heavy (non-hydrogen) atoms. The lowest BCUT2D eigenvalue weighted by atomic mass is 9.76. The molecule has 2 aliphatic carbocycles. The van der Waals surface area contributed by atoms with Crippen LogP contribution in [0.15, 0.2) is 34.7 Å². The Morgan fingerprint density at radius 1 is 1.18 bits per heavy atom. The second-order valence-corrected chi connectivity index (χ2v) is 11.6. The summed E-state index contributed by atoms with van der Waals surface area (Å²) in [5, 5.41) is 26.6. The summed E-state index contributed by atoms with van der Waals surface area (Å²) in [5.41, 5.74) is 1.95. The zero-order valence-electron chi connectivity index (χ0n) is 22.9. The summed E-state index contributed by atoms with van der Waals surface area (Å²) < 4.78 is 36.9. The number of pyridine rings is 1. The van der Waals surface area contributed by atoms with E-state index in [0.717, 1.165) is 34.8 Å². The average molecular weight is 540 g/mol. The van der Waals surface area contributed by atoms with Gasteiger partial charge >= 0.3 is 6.01 Å². The molecule has 2 aromatic heterocycles. The molecule has 0 bridgehead atoms. The molecular formula is C29H35F2N5O3. The van der Waals surface area contributed by atoms with Gasteiger partial charge in [-0.25, -0.2) is 13.8 Å². The number of anilines is 1. The van der Waals surface area contributed by atoms with E-state index in [0.29, 0.717) is 5.69 Å². The second kappa shape index (κ2) is 10.3. The van der Waals surface area contributed by atoms with Gasteiger partial charge in [0, 0.05) is 36.7 Å². The third kappa shape index (κ3) is 5.67. The molecule has 0 radical (unpaired) electrons. The van der Waals surface area contributed by atoms with Crippen molar-refractivity contribution in [3.05, 3.63) is 52.0 Å². The number of aryl methyl sites for hydroxylation is 1. The van der Waals surface area contributed by atoms with Gasteiger partial charge in [-0.05, 0) is 53.7 Å². The lowest BCUT2D eigenvalue weighted by Crippen LogP contribution is -2.55. The number of nitrogens with zero attached hydrogens (tertiary/aromatic N) is 3. The highest BCUT2D eigenvalue weighted by Gasteiger charge is 2.50. The van der Waals surface area contributed by atoms with Crippen LogP contribution in [0.4, 0.5) is 14.8 Å². The minimum Gasteiger partial charge on any atom is -0.497 e. The summed E-state index contributed by atoms with van der Waals surface area (Å²) in [6.07, 6.45) is 0.118. The van der Waals surface area contributed by atoms with Crippen molar-refractivity contribution in [3.63, 3.8) is 0 Å². The Balaban J connectivity index is 1.38. The first-order valence-corrected chi connectivity index (χ1v) is 13.2. The van der Waals surface area contributed by atoms with Crippen LogP contribution >= 0.6 is 0 Å². The molecule has 0 amide bonds. The van der Waals surface area contributed by atoms with Crippen LogP contribution in [0.2, 0.25) is 0 Å². The number of aliphatic hydroxyl groups is 1. The van der Waals surface area contributed by atoms with Crippen LogP contribution in [-0.4, -0.2) is 51.5 Å². The fraction of sp³-hybridized carbons (Fsp3) is 0.483. The van der Waals surface area contributed by atoms with Crippen molar-refractivity contribution in [3.8, 4) is 17.3 Å². The van der Waals surface area contributed by atoms with Crippen LogP contribution in [0.5, 0.6) is 5.75 Å². The van der Waals surface area contributed by atoms with Gasteiger partial charge in [-0.15, -0.1) is 5.10 Å². The molecule has 1 atom stereocenters. The quantitative estimate of drug-likeness (QED) is 0.399. The number of benzene rings is 1. The SMILES string of the molecule is COc1ccc(CNC2C=c3c(C)cc(-c4nnc(NC5CC(O)(C(F)F)C5)o4)nc3=C(C(C)(C)C)C2)cc1. The Labute approximate surface area is 226 Å². The molecule has 1 unspecified atom stereocenters. The summed E-state index contributed by atoms with van der Waals surface area (Å²) in [7, 11) is 1.66. The summed E-state index contributed by atoms with van der Waals surface area (Å²) in [5.74, 6) is 1.09. The Morgan fingerprint density at radius 3 is 2.54 bits per heavy atom. The number of hydrogen-bond acceptors (Lipinski definition) is 8. The number of aromatic nitrogens is 3. The monoisotopic (exact) mass is 539 g/mol. The first kappa shape index (κ1) is 27.2. The minimum atomic E-state index is -2.78. The molecule has 0 aliphatic heterocycles. The normalized spacial score (nSPS) is 22.7. The maximum Gasteiger partial charge on any atom is 0.316 e. The second-order valence-electron chi connectivity index (χ2n) is 11.6. The van der Waals surface area contributed by atoms with Crippen molar-refractivity contribution >= 4 is 17.7 Å². The third-order valence-electron chi connectivity index (χ3n) is 7.55. The van der Waals surface area contributed by atoms with Gasteiger partial charge < -0.3 is 24.9 Å². The van der Waals surface area contributed by atoms with E-state index < -0.39 is 12.0 Å².